The predicted octanol–water partition coefficient (Wildman–Crippen LogP) is 2.88. The molecule has 2 aromatic rings. The van der Waals surface area contributed by atoms with Gasteiger partial charge in [0.1, 0.15) is 5.82 Å². The van der Waals surface area contributed by atoms with E-state index in [4.69, 9.17) is 11.6 Å². The van der Waals surface area contributed by atoms with Crippen molar-refractivity contribution in [1.29, 1.82) is 0 Å². The Morgan fingerprint density at radius 1 is 1.32 bits per heavy atom. The number of anilines is 1. The van der Waals surface area contributed by atoms with Crippen LogP contribution in [-0.2, 0) is 0 Å². The van der Waals surface area contributed by atoms with Crippen molar-refractivity contribution in [3.8, 4) is 0 Å². The van der Waals surface area contributed by atoms with Crippen LogP contribution in [0.15, 0.2) is 6.20 Å². The average molecular weight is 280 g/mol. The van der Waals surface area contributed by atoms with Crippen molar-refractivity contribution >= 4 is 28.5 Å². The van der Waals surface area contributed by atoms with Gasteiger partial charge < -0.3 is 4.90 Å². The molecule has 0 radical (unpaired) electrons. The van der Waals surface area contributed by atoms with Gasteiger partial charge in [-0.1, -0.05) is 13.8 Å². The molecule has 1 fully saturated rings. The van der Waals surface area contributed by atoms with E-state index >= 15 is 0 Å². The molecule has 0 spiro atoms. The normalized spacial score (nSPS) is 17.6. The summed E-state index contributed by atoms with van der Waals surface area (Å²) in [5, 5.41) is 8.11. The number of halogens is 1. The zero-order valence-electron chi connectivity index (χ0n) is 11.2. The van der Waals surface area contributed by atoms with Crippen molar-refractivity contribution in [2.75, 3.05) is 18.0 Å². The first-order chi connectivity index (χ1) is 9.15. The first-order valence-corrected chi connectivity index (χ1v) is 7.14. The Hall–Kier alpha value is -1.36. The molecular formula is C13H18ClN5. The van der Waals surface area contributed by atoms with Gasteiger partial charge in [0, 0.05) is 13.1 Å². The minimum Gasteiger partial charge on any atom is -0.356 e. The van der Waals surface area contributed by atoms with Crippen LogP contribution in [0.1, 0.15) is 26.7 Å². The van der Waals surface area contributed by atoms with Crippen molar-refractivity contribution in [2.24, 2.45) is 11.8 Å². The second-order valence-electron chi connectivity index (χ2n) is 5.52. The van der Waals surface area contributed by atoms with Crippen LogP contribution in [0.3, 0.4) is 0 Å². The fourth-order valence-electron chi connectivity index (χ4n) is 2.81. The molecule has 5 nitrogen and oxygen atoms in total. The van der Waals surface area contributed by atoms with Gasteiger partial charge in [0.15, 0.2) is 5.65 Å². The Balaban J connectivity index is 1.87. The van der Waals surface area contributed by atoms with E-state index < -0.39 is 0 Å². The lowest BCUT2D eigenvalue weighted by Gasteiger charge is -2.34. The first-order valence-electron chi connectivity index (χ1n) is 6.76. The highest BCUT2D eigenvalue weighted by atomic mass is 35.5. The zero-order valence-corrected chi connectivity index (χ0v) is 12.0. The van der Waals surface area contributed by atoms with E-state index in [2.05, 4.69) is 38.9 Å². The molecule has 0 aromatic carbocycles. The lowest BCUT2D eigenvalue weighted by molar-refractivity contribution is 0.311. The largest absolute Gasteiger partial charge is 0.356 e. The third-order valence-corrected chi connectivity index (χ3v) is 4.21. The molecule has 1 N–H and O–H groups in total. The summed E-state index contributed by atoms with van der Waals surface area (Å²) in [4.78, 5) is 10.8. The van der Waals surface area contributed by atoms with Crippen molar-refractivity contribution in [3.05, 3.63) is 11.5 Å². The van der Waals surface area contributed by atoms with Gasteiger partial charge >= 0.3 is 0 Å². The van der Waals surface area contributed by atoms with E-state index in [0.29, 0.717) is 5.65 Å². The van der Waals surface area contributed by atoms with Gasteiger partial charge in [0.25, 0.3) is 0 Å². The smallest absolute Gasteiger partial charge is 0.226 e. The maximum Gasteiger partial charge on any atom is 0.226 e. The Morgan fingerprint density at radius 3 is 2.74 bits per heavy atom. The lowest BCUT2D eigenvalue weighted by atomic mass is 9.87. The number of aromatic amines is 1. The highest BCUT2D eigenvalue weighted by Gasteiger charge is 2.24. The fraction of sp³-hybridized carbons (Fsp3) is 0.615. The Kier molecular flexibility index (Phi) is 3.31. The molecule has 3 heterocycles. The summed E-state index contributed by atoms with van der Waals surface area (Å²) in [7, 11) is 0. The molecule has 0 amide bonds. The van der Waals surface area contributed by atoms with E-state index in [0.717, 1.165) is 36.1 Å². The van der Waals surface area contributed by atoms with E-state index in [-0.39, 0.29) is 5.28 Å². The van der Waals surface area contributed by atoms with Gasteiger partial charge in [-0.2, -0.15) is 15.1 Å². The SMILES string of the molecule is CC(C)C1CCN(c2nc(Cl)nc3[nH]ncc23)CC1. The van der Waals surface area contributed by atoms with E-state index in [1.54, 1.807) is 6.20 Å². The van der Waals surface area contributed by atoms with E-state index in [1.807, 2.05) is 0 Å². The number of fused-ring (bicyclic) bond motifs is 1. The first kappa shape index (κ1) is 12.7. The van der Waals surface area contributed by atoms with Gasteiger partial charge in [0.05, 0.1) is 11.6 Å². The van der Waals surface area contributed by atoms with Crippen LogP contribution < -0.4 is 4.90 Å². The van der Waals surface area contributed by atoms with Crippen molar-refractivity contribution in [2.45, 2.75) is 26.7 Å². The number of H-pyrrole nitrogens is 1. The maximum atomic E-state index is 5.98. The summed E-state index contributed by atoms with van der Waals surface area (Å²) in [6.07, 6.45) is 4.19. The highest BCUT2D eigenvalue weighted by molar-refractivity contribution is 6.28. The summed E-state index contributed by atoms with van der Waals surface area (Å²) in [6.45, 7) is 6.65. The Labute approximate surface area is 117 Å². The van der Waals surface area contributed by atoms with Crippen molar-refractivity contribution in [1.82, 2.24) is 20.2 Å². The molecule has 2 aromatic heterocycles. The van der Waals surface area contributed by atoms with Gasteiger partial charge in [-0.25, -0.2) is 0 Å². The summed E-state index contributed by atoms with van der Waals surface area (Å²) < 4.78 is 0. The lowest BCUT2D eigenvalue weighted by Crippen LogP contribution is -2.35. The fourth-order valence-corrected chi connectivity index (χ4v) is 2.98. The summed E-state index contributed by atoms with van der Waals surface area (Å²) in [6, 6.07) is 0. The standard InChI is InChI=1S/C13H18ClN5/c1-8(2)9-3-5-19(6-4-9)12-10-7-15-18-11(10)16-13(14)17-12/h7-9H,3-6H2,1-2H3,(H,15,16,17,18). The highest BCUT2D eigenvalue weighted by Crippen LogP contribution is 2.30. The second kappa shape index (κ2) is 4.96. The van der Waals surface area contributed by atoms with Crippen LogP contribution in [0.2, 0.25) is 5.28 Å². The molecule has 0 atom stereocenters. The van der Waals surface area contributed by atoms with E-state index in [1.165, 1.54) is 12.8 Å². The molecule has 1 aliphatic rings. The number of aromatic nitrogens is 4. The van der Waals surface area contributed by atoms with Crippen molar-refractivity contribution < 1.29 is 0 Å². The van der Waals surface area contributed by atoms with Gasteiger partial charge in [-0.05, 0) is 36.3 Å². The monoisotopic (exact) mass is 279 g/mol. The van der Waals surface area contributed by atoms with Crippen LogP contribution in [0.5, 0.6) is 0 Å². The summed E-state index contributed by atoms with van der Waals surface area (Å²) in [5.41, 5.74) is 0.709. The number of rotatable bonds is 2. The van der Waals surface area contributed by atoms with Crippen LogP contribution in [0, 0.1) is 11.8 Å². The zero-order chi connectivity index (χ0) is 13.4. The molecule has 6 heteroatoms. The van der Waals surface area contributed by atoms with Crippen LogP contribution in [0.25, 0.3) is 11.0 Å². The Bertz CT molecular complexity index is 571. The Morgan fingerprint density at radius 2 is 2.05 bits per heavy atom. The summed E-state index contributed by atoms with van der Waals surface area (Å²) in [5.74, 6) is 2.48. The molecule has 0 saturated carbocycles. The number of piperidine rings is 1. The minimum absolute atomic E-state index is 0.276. The molecule has 0 bridgehead atoms. The number of hydrogen-bond donors (Lipinski definition) is 1. The summed E-state index contributed by atoms with van der Waals surface area (Å²) >= 11 is 5.98. The average Bonchev–Trinajstić information content (AvgIpc) is 2.85. The third-order valence-electron chi connectivity index (χ3n) is 4.04. The van der Waals surface area contributed by atoms with Crippen LogP contribution in [0.4, 0.5) is 5.82 Å². The van der Waals surface area contributed by atoms with Gasteiger partial charge in [-0.3, -0.25) is 5.10 Å². The van der Waals surface area contributed by atoms with Crippen LogP contribution >= 0.6 is 11.6 Å². The number of nitrogens with one attached hydrogen (secondary N) is 1. The van der Waals surface area contributed by atoms with Gasteiger partial charge in [0.2, 0.25) is 5.28 Å². The molecule has 102 valence electrons. The molecule has 1 aliphatic heterocycles. The third kappa shape index (κ3) is 2.39. The number of nitrogens with zero attached hydrogens (tertiary/aromatic N) is 4. The molecule has 1 saturated heterocycles. The van der Waals surface area contributed by atoms with E-state index in [9.17, 15) is 0 Å². The number of hydrogen-bond acceptors (Lipinski definition) is 4. The molecular weight excluding hydrogens is 262 g/mol. The predicted molar refractivity (Wildman–Crippen MR) is 76.5 cm³/mol. The quantitative estimate of drug-likeness (QED) is 0.859. The van der Waals surface area contributed by atoms with Gasteiger partial charge in [-0.15, -0.1) is 0 Å². The molecule has 19 heavy (non-hydrogen) atoms. The minimum atomic E-state index is 0.276. The molecule has 0 unspecified atom stereocenters. The maximum absolute atomic E-state index is 5.98. The van der Waals surface area contributed by atoms with Crippen molar-refractivity contribution in [3.63, 3.8) is 0 Å². The topological polar surface area (TPSA) is 57.7 Å². The molecule has 0 aliphatic carbocycles. The molecule has 3 rings (SSSR count). The second-order valence-corrected chi connectivity index (χ2v) is 5.86. The van der Waals surface area contributed by atoms with Crippen LogP contribution in [-0.4, -0.2) is 33.3 Å².